The predicted octanol–water partition coefficient (Wildman–Crippen LogP) is -1.23. The Kier molecular flexibility index (Phi) is 8.22. The number of aliphatic hydroxyl groups excluding tert-OH is 1. The summed E-state index contributed by atoms with van der Waals surface area (Å²) in [6.07, 6.45) is 0. The molecule has 0 amide bonds. The highest BCUT2D eigenvalue weighted by Crippen LogP contribution is 1.54. The first-order chi connectivity index (χ1) is 3.27. The van der Waals surface area contributed by atoms with E-state index in [2.05, 4.69) is 5.32 Å². The summed E-state index contributed by atoms with van der Waals surface area (Å²) in [4.78, 5) is 9.58. The van der Waals surface area contributed by atoms with E-state index in [9.17, 15) is 4.79 Å². The number of aliphatic carboxylic acids is 1. The third-order valence-corrected chi connectivity index (χ3v) is 0.388. The largest absolute Gasteiger partial charge is 0.480 e. The van der Waals surface area contributed by atoms with Crippen LogP contribution in [0.3, 0.4) is 0 Å². The molecular weight excluding hydrogens is 112 g/mol. The molecule has 0 radical (unpaired) electrons. The van der Waals surface area contributed by atoms with Crippen LogP contribution in [0.1, 0.15) is 0 Å². The first-order valence-electron chi connectivity index (χ1n) is 1.80. The number of carboxylic acid groups (broad SMARTS) is 1. The number of hydrogen-bond donors (Lipinski definition) is 4. The average molecular weight is 122 g/mol. The highest BCUT2D eigenvalue weighted by atomic mass is 16.4. The number of hydrogen-bond acceptors (Lipinski definition) is 4. The summed E-state index contributed by atoms with van der Waals surface area (Å²) in [6.45, 7) is -0.469. The fourth-order valence-corrected chi connectivity index (χ4v) is 0.163. The second kappa shape index (κ2) is 6.35. The zero-order valence-corrected chi connectivity index (χ0v) is 4.42. The lowest BCUT2D eigenvalue weighted by Gasteiger charge is -1.90. The zero-order valence-electron chi connectivity index (χ0n) is 4.42. The van der Waals surface area contributed by atoms with Crippen molar-refractivity contribution in [2.45, 2.75) is 0 Å². The Bertz CT molecular complexity index is 65.5. The van der Waals surface area contributed by atoms with Gasteiger partial charge in [-0.15, -0.1) is 0 Å². The molecule has 0 aromatic carbocycles. The first-order valence-corrected chi connectivity index (χ1v) is 1.80. The lowest BCUT2D eigenvalue weighted by atomic mass is 10.7. The van der Waals surface area contributed by atoms with Crippen LogP contribution in [0.2, 0.25) is 0 Å². The molecule has 6 N–H and O–H groups in total. The zero-order chi connectivity index (χ0) is 5.70. The molecule has 0 spiro atoms. The van der Waals surface area contributed by atoms with Crippen LogP contribution in [-0.2, 0) is 4.79 Å². The van der Waals surface area contributed by atoms with Gasteiger partial charge in [-0.3, -0.25) is 10.1 Å². The van der Waals surface area contributed by atoms with E-state index in [0.717, 1.165) is 0 Å². The van der Waals surface area contributed by atoms with Gasteiger partial charge >= 0.3 is 5.97 Å². The Balaban J connectivity index is 0. The molecular formula is C3H10N2O3. The van der Waals surface area contributed by atoms with E-state index in [1.165, 1.54) is 0 Å². The van der Waals surface area contributed by atoms with E-state index in [-0.39, 0.29) is 19.4 Å². The fraction of sp³-hybridized carbons (Fsp3) is 0.667. The van der Waals surface area contributed by atoms with Crippen molar-refractivity contribution >= 4 is 5.97 Å². The lowest BCUT2D eigenvalue weighted by Crippen LogP contribution is -2.22. The summed E-state index contributed by atoms with van der Waals surface area (Å²) < 4.78 is 0. The van der Waals surface area contributed by atoms with Gasteiger partial charge in [-0.25, -0.2) is 0 Å². The topological polar surface area (TPSA) is 105 Å². The third kappa shape index (κ3) is 9.02. The SMILES string of the molecule is N.O=C(O)CNCO. The van der Waals surface area contributed by atoms with E-state index in [4.69, 9.17) is 10.2 Å². The number of carboxylic acids is 1. The molecule has 0 aromatic heterocycles. The van der Waals surface area contributed by atoms with Crippen LogP contribution in [0, 0.1) is 0 Å². The molecule has 0 unspecified atom stereocenters. The van der Waals surface area contributed by atoms with Gasteiger partial charge in [0, 0.05) is 0 Å². The molecule has 0 aliphatic carbocycles. The van der Waals surface area contributed by atoms with Gasteiger partial charge in [0.15, 0.2) is 0 Å². The van der Waals surface area contributed by atoms with E-state index < -0.39 is 5.97 Å². The Morgan fingerprint density at radius 2 is 2.12 bits per heavy atom. The number of nitrogens with one attached hydrogen (secondary N) is 1. The fourth-order valence-electron chi connectivity index (χ4n) is 0.163. The number of carbonyl (C=O) groups is 1. The van der Waals surface area contributed by atoms with Crippen molar-refractivity contribution < 1.29 is 15.0 Å². The number of aliphatic hydroxyl groups is 1. The summed E-state index contributed by atoms with van der Waals surface area (Å²) in [5.41, 5.74) is 0. The summed E-state index contributed by atoms with van der Waals surface area (Å²) in [5.74, 6) is -0.964. The van der Waals surface area contributed by atoms with Gasteiger partial charge in [0.2, 0.25) is 0 Å². The lowest BCUT2D eigenvalue weighted by molar-refractivity contribution is -0.136. The van der Waals surface area contributed by atoms with Crippen molar-refractivity contribution in [2.75, 3.05) is 13.3 Å². The minimum Gasteiger partial charge on any atom is -0.480 e. The van der Waals surface area contributed by atoms with Gasteiger partial charge in [-0.2, -0.15) is 0 Å². The second-order valence-electron chi connectivity index (χ2n) is 0.979. The van der Waals surface area contributed by atoms with E-state index in [1.807, 2.05) is 0 Å². The van der Waals surface area contributed by atoms with Crippen molar-refractivity contribution in [3.63, 3.8) is 0 Å². The van der Waals surface area contributed by atoms with Gasteiger partial charge in [-0.1, -0.05) is 0 Å². The molecule has 0 fully saturated rings. The third-order valence-electron chi connectivity index (χ3n) is 0.388. The van der Waals surface area contributed by atoms with Crippen molar-refractivity contribution in [3.05, 3.63) is 0 Å². The van der Waals surface area contributed by atoms with Crippen LogP contribution in [0.25, 0.3) is 0 Å². The molecule has 8 heavy (non-hydrogen) atoms. The minimum absolute atomic E-state index is 0. The van der Waals surface area contributed by atoms with Crippen LogP contribution in [-0.4, -0.2) is 29.5 Å². The van der Waals surface area contributed by atoms with Gasteiger partial charge in [0.05, 0.1) is 13.3 Å². The van der Waals surface area contributed by atoms with E-state index >= 15 is 0 Å². The Morgan fingerprint density at radius 1 is 1.62 bits per heavy atom. The summed E-state index contributed by atoms with van der Waals surface area (Å²) in [7, 11) is 0. The highest BCUT2D eigenvalue weighted by Gasteiger charge is 1.89. The summed E-state index contributed by atoms with van der Waals surface area (Å²) >= 11 is 0. The minimum atomic E-state index is -0.964. The Morgan fingerprint density at radius 3 is 2.25 bits per heavy atom. The normalized spacial score (nSPS) is 7.62. The molecule has 5 nitrogen and oxygen atoms in total. The van der Waals surface area contributed by atoms with Gasteiger partial charge < -0.3 is 16.4 Å². The van der Waals surface area contributed by atoms with E-state index in [0.29, 0.717) is 0 Å². The predicted molar refractivity (Wildman–Crippen MR) is 27.7 cm³/mol. The van der Waals surface area contributed by atoms with Gasteiger partial charge in [0.1, 0.15) is 0 Å². The van der Waals surface area contributed by atoms with Crippen LogP contribution in [0.4, 0.5) is 0 Å². The smallest absolute Gasteiger partial charge is 0.317 e. The molecule has 50 valence electrons. The first kappa shape index (κ1) is 10.4. The van der Waals surface area contributed by atoms with E-state index in [1.54, 1.807) is 0 Å². The van der Waals surface area contributed by atoms with Crippen molar-refractivity contribution in [2.24, 2.45) is 0 Å². The Labute approximate surface area is 46.9 Å². The van der Waals surface area contributed by atoms with Gasteiger partial charge in [-0.05, 0) is 0 Å². The molecule has 0 aromatic rings. The molecule has 0 atom stereocenters. The van der Waals surface area contributed by atoms with Crippen LogP contribution in [0.15, 0.2) is 0 Å². The highest BCUT2D eigenvalue weighted by molar-refractivity contribution is 5.68. The van der Waals surface area contributed by atoms with Gasteiger partial charge in [0.25, 0.3) is 0 Å². The van der Waals surface area contributed by atoms with Crippen molar-refractivity contribution in [3.8, 4) is 0 Å². The molecule has 0 rings (SSSR count). The monoisotopic (exact) mass is 122 g/mol. The van der Waals surface area contributed by atoms with Crippen LogP contribution >= 0.6 is 0 Å². The molecule has 0 heterocycles. The second-order valence-corrected chi connectivity index (χ2v) is 0.979. The van der Waals surface area contributed by atoms with Crippen LogP contribution in [0.5, 0.6) is 0 Å². The summed E-state index contributed by atoms with van der Waals surface area (Å²) in [6, 6.07) is 0. The van der Waals surface area contributed by atoms with Crippen LogP contribution < -0.4 is 11.5 Å². The number of rotatable bonds is 3. The van der Waals surface area contributed by atoms with Crippen molar-refractivity contribution in [1.82, 2.24) is 11.5 Å². The quantitative estimate of drug-likeness (QED) is 0.351. The standard InChI is InChI=1S/C3H7NO3.H3N/c5-2-4-1-3(6)7;/h4-5H,1-2H2,(H,6,7);1H3. The maximum atomic E-state index is 9.58. The average Bonchev–Trinajstić information content (AvgIpc) is 1.61. The summed E-state index contributed by atoms with van der Waals surface area (Å²) in [5, 5.41) is 18.0. The van der Waals surface area contributed by atoms with Crippen molar-refractivity contribution in [1.29, 1.82) is 0 Å². The molecule has 5 heteroatoms. The molecule has 0 aliphatic rings. The molecule has 0 bridgehead atoms. The maximum Gasteiger partial charge on any atom is 0.317 e. The Hall–Kier alpha value is -0.650. The molecule has 0 aliphatic heterocycles. The maximum absolute atomic E-state index is 9.58. The molecule has 0 saturated heterocycles. The molecule has 0 saturated carbocycles.